The van der Waals surface area contributed by atoms with Crippen LogP contribution in [-0.4, -0.2) is 10.8 Å². The Morgan fingerprint density at radius 1 is 1.14 bits per heavy atom. The van der Waals surface area contributed by atoms with Crippen LogP contribution in [0.4, 0.5) is 4.39 Å². The highest BCUT2D eigenvalue weighted by Gasteiger charge is 2.27. The molecule has 0 saturated heterocycles. The average Bonchev–Trinajstić information content (AvgIpc) is 2.83. The molecule has 0 N–H and O–H groups in total. The summed E-state index contributed by atoms with van der Waals surface area (Å²) in [6.45, 7) is 0. The number of aromatic nitrogens is 1. The molecule has 4 rings (SSSR count). The van der Waals surface area contributed by atoms with Crippen molar-refractivity contribution >= 4 is 22.6 Å². The Balaban J connectivity index is 1.82. The van der Waals surface area contributed by atoms with Crippen molar-refractivity contribution in [3.05, 3.63) is 77.6 Å². The minimum absolute atomic E-state index is 0.199. The summed E-state index contributed by atoms with van der Waals surface area (Å²) in [5.74, 6) is -0.201. The minimum atomic E-state index is -0.427. The van der Waals surface area contributed by atoms with Gasteiger partial charge in [-0.2, -0.15) is 0 Å². The lowest BCUT2D eigenvalue weighted by Gasteiger charge is -2.03. The molecule has 2 aromatic carbocycles. The molecule has 0 amide bonds. The van der Waals surface area contributed by atoms with Gasteiger partial charge in [-0.3, -0.25) is 9.78 Å². The highest BCUT2D eigenvalue weighted by molar-refractivity contribution is 6.15. The average molecular weight is 291 g/mol. The fraction of sp³-hybridized carbons (Fsp3) is 0. The van der Waals surface area contributed by atoms with E-state index in [0.29, 0.717) is 5.56 Å². The highest BCUT2D eigenvalue weighted by atomic mass is 19.1. The molecule has 22 heavy (non-hydrogen) atoms. The van der Waals surface area contributed by atoms with Crippen LogP contribution >= 0.6 is 0 Å². The SMILES string of the molecule is O=C1/C(=C\c2cccc3cnccc23)Oc2cc(F)ccc21. The first-order valence-corrected chi connectivity index (χ1v) is 6.79. The first-order chi connectivity index (χ1) is 10.7. The summed E-state index contributed by atoms with van der Waals surface area (Å²) in [7, 11) is 0. The fourth-order valence-corrected chi connectivity index (χ4v) is 2.58. The summed E-state index contributed by atoms with van der Waals surface area (Å²) in [5, 5.41) is 1.95. The number of fused-ring (bicyclic) bond motifs is 2. The largest absolute Gasteiger partial charge is 0.452 e. The molecule has 0 aliphatic carbocycles. The third kappa shape index (κ3) is 1.97. The molecule has 106 valence electrons. The number of nitrogens with zero attached hydrogens (tertiary/aromatic N) is 1. The van der Waals surface area contributed by atoms with Crippen molar-refractivity contribution in [1.82, 2.24) is 4.98 Å². The van der Waals surface area contributed by atoms with Crippen LogP contribution < -0.4 is 4.74 Å². The minimum Gasteiger partial charge on any atom is -0.452 e. The second-order valence-corrected chi connectivity index (χ2v) is 5.02. The van der Waals surface area contributed by atoms with Crippen molar-refractivity contribution in [2.75, 3.05) is 0 Å². The maximum absolute atomic E-state index is 13.2. The number of rotatable bonds is 1. The summed E-state index contributed by atoms with van der Waals surface area (Å²) in [5.41, 5.74) is 1.24. The second kappa shape index (κ2) is 4.77. The molecule has 0 saturated carbocycles. The van der Waals surface area contributed by atoms with E-state index in [4.69, 9.17) is 4.74 Å². The Hall–Kier alpha value is -3.01. The molecule has 3 nitrogen and oxygen atoms in total. The van der Waals surface area contributed by atoms with Gasteiger partial charge in [0.25, 0.3) is 0 Å². The monoisotopic (exact) mass is 291 g/mol. The van der Waals surface area contributed by atoms with Gasteiger partial charge in [-0.25, -0.2) is 4.39 Å². The number of hydrogen-bond donors (Lipinski definition) is 0. The van der Waals surface area contributed by atoms with E-state index in [2.05, 4.69) is 4.98 Å². The van der Waals surface area contributed by atoms with Crippen molar-refractivity contribution in [1.29, 1.82) is 0 Å². The first kappa shape index (κ1) is 12.7. The molecule has 2 heterocycles. The maximum Gasteiger partial charge on any atom is 0.231 e. The van der Waals surface area contributed by atoms with E-state index in [1.54, 1.807) is 18.5 Å². The van der Waals surface area contributed by atoms with Crippen molar-refractivity contribution in [2.24, 2.45) is 0 Å². The van der Waals surface area contributed by atoms with Crippen molar-refractivity contribution in [3.63, 3.8) is 0 Å². The Labute approximate surface area is 125 Å². The number of halogens is 1. The molecule has 0 bridgehead atoms. The molecule has 1 aromatic heterocycles. The summed E-state index contributed by atoms with van der Waals surface area (Å²) >= 11 is 0. The molecule has 1 aliphatic rings. The lowest BCUT2D eigenvalue weighted by molar-refractivity contribution is 0.101. The molecule has 0 atom stereocenters. The zero-order valence-electron chi connectivity index (χ0n) is 11.4. The van der Waals surface area contributed by atoms with E-state index in [0.717, 1.165) is 16.3 Å². The van der Waals surface area contributed by atoms with Crippen molar-refractivity contribution in [3.8, 4) is 5.75 Å². The molecule has 0 fully saturated rings. The number of carbonyl (C=O) groups is 1. The van der Waals surface area contributed by atoms with Crippen LogP contribution in [0.2, 0.25) is 0 Å². The fourth-order valence-electron chi connectivity index (χ4n) is 2.58. The third-order valence-corrected chi connectivity index (χ3v) is 3.63. The molecule has 1 aliphatic heterocycles. The van der Waals surface area contributed by atoms with E-state index in [9.17, 15) is 9.18 Å². The standard InChI is InChI=1S/C18H10FNO2/c19-13-4-5-15-16(9-13)22-17(18(15)21)8-11-2-1-3-12-10-20-7-6-14(11)12/h1-10H/b17-8+. The Morgan fingerprint density at radius 2 is 2.05 bits per heavy atom. The molecule has 4 heteroatoms. The van der Waals surface area contributed by atoms with Gasteiger partial charge in [-0.05, 0) is 35.2 Å². The van der Waals surface area contributed by atoms with E-state index >= 15 is 0 Å². The van der Waals surface area contributed by atoms with Gasteiger partial charge in [0.05, 0.1) is 5.56 Å². The number of Topliss-reactive ketones (excluding diaryl/α,β-unsaturated/α-hetero) is 1. The molecule has 0 spiro atoms. The molecule has 0 radical (unpaired) electrons. The summed E-state index contributed by atoms with van der Waals surface area (Å²) in [6.07, 6.45) is 5.15. The normalized spacial score (nSPS) is 15.1. The van der Waals surface area contributed by atoms with Crippen molar-refractivity contribution < 1.29 is 13.9 Å². The van der Waals surface area contributed by atoms with E-state index in [-0.39, 0.29) is 17.3 Å². The van der Waals surface area contributed by atoms with Crippen LogP contribution in [0.15, 0.2) is 60.6 Å². The summed E-state index contributed by atoms with van der Waals surface area (Å²) in [6, 6.07) is 11.5. The van der Waals surface area contributed by atoms with Gasteiger partial charge in [0.15, 0.2) is 5.76 Å². The topological polar surface area (TPSA) is 39.2 Å². The Bertz CT molecular complexity index is 941. The van der Waals surface area contributed by atoms with Crippen LogP contribution in [0, 0.1) is 5.82 Å². The quantitative estimate of drug-likeness (QED) is 0.636. The lowest BCUT2D eigenvalue weighted by Crippen LogP contribution is -1.98. The molecular formula is C18H10FNO2. The van der Waals surface area contributed by atoms with E-state index < -0.39 is 5.82 Å². The van der Waals surface area contributed by atoms with Crippen LogP contribution in [-0.2, 0) is 0 Å². The van der Waals surface area contributed by atoms with Gasteiger partial charge in [0.1, 0.15) is 11.6 Å². The zero-order valence-corrected chi connectivity index (χ0v) is 11.4. The summed E-state index contributed by atoms with van der Waals surface area (Å²) < 4.78 is 18.7. The zero-order chi connectivity index (χ0) is 15.1. The Kier molecular flexibility index (Phi) is 2.76. The molecule has 3 aromatic rings. The molecular weight excluding hydrogens is 281 g/mol. The summed E-state index contributed by atoms with van der Waals surface area (Å²) in [4.78, 5) is 16.4. The van der Waals surface area contributed by atoms with Gasteiger partial charge in [-0.15, -0.1) is 0 Å². The van der Waals surface area contributed by atoms with Gasteiger partial charge in [0, 0.05) is 23.8 Å². The van der Waals surface area contributed by atoms with Crippen molar-refractivity contribution in [2.45, 2.75) is 0 Å². The van der Waals surface area contributed by atoms with Gasteiger partial charge < -0.3 is 4.74 Å². The number of ketones is 1. The predicted molar refractivity (Wildman–Crippen MR) is 81.1 cm³/mol. The second-order valence-electron chi connectivity index (χ2n) is 5.02. The third-order valence-electron chi connectivity index (χ3n) is 3.63. The lowest BCUT2D eigenvalue weighted by atomic mass is 10.0. The predicted octanol–water partition coefficient (Wildman–Crippen LogP) is 3.99. The van der Waals surface area contributed by atoms with Gasteiger partial charge >= 0.3 is 0 Å². The van der Waals surface area contributed by atoms with Gasteiger partial charge in [-0.1, -0.05) is 18.2 Å². The number of allylic oxidation sites excluding steroid dienone is 1. The smallest absolute Gasteiger partial charge is 0.231 e. The molecule has 0 unspecified atom stereocenters. The van der Waals surface area contributed by atoms with E-state index in [1.165, 1.54) is 18.2 Å². The van der Waals surface area contributed by atoms with Gasteiger partial charge in [0.2, 0.25) is 5.78 Å². The van der Waals surface area contributed by atoms with Crippen LogP contribution in [0.25, 0.3) is 16.8 Å². The number of pyridine rings is 1. The maximum atomic E-state index is 13.2. The number of ether oxygens (including phenoxy) is 1. The van der Waals surface area contributed by atoms with Crippen LogP contribution in [0.1, 0.15) is 15.9 Å². The number of hydrogen-bond acceptors (Lipinski definition) is 3. The van der Waals surface area contributed by atoms with Crippen LogP contribution in [0.3, 0.4) is 0 Å². The van der Waals surface area contributed by atoms with Crippen LogP contribution in [0.5, 0.6) is 5.75 Å². The van der Waals surface area contributed by atoms with E-state index in [1.807, 2.05) is 24.3 Å². The number of carbonyl (C=O) groups excluding carboxylic acids is 1. The number of benzene rings is 2. The highest BCUT2D eigenvalue weighted by Crippen LogP contribution is 2.33. The first-order valence-electron chi connectivity index (χ1n) is 6.79. The Morgan fingerprint density at radius 3 is 2.95 bits per heavy atom.